The molecule has 1 fully saturated rings. The van der Waals surface area contributed by atoms with Gasteiger partial charge in [-0.2, -0.15) is 10.4 Å². The highest BCUT2D eigenvalue weighted by Gasteiger charge is 2.22. The van der Waals surface area contributed by atoms with Crippen molar-refractivity contribution in [3.63, 3.8) is 0 Å². The first-order chi connectivity index (χ1) is 9.69. The van der Waals surface area contributed by atoms with Gasteiger partial charge in [0.1, 0.15) is 11.6 Å². The number of nitriles is 1. The molecule has 2 heterocycles. The Balaban J connectivity index is 2.25. The fourth-order valence-corrected chi connectivity index (χ4v) is 2.72. The second-order valence-corrected chi connectivity index (χ2v) is 5.21. The van der Waals surface area contributed by atoms with Gasteiger partial charge >= 0.3 is 0 Å². The number of rotatable bonds is 4. The summed E-state index contributed by atoms with van der Waals surface area (Å²) < 4.78 is 5.54. The lowest BCUT2D eigenvalue weighted by molar-refractivity contribution is 0.0231. The number of aryl methyl sites for hydroxylation is 1. The van der Waals surface area contributed by atoms with Crippen LogP contribution in [-0.4, -0.2) is 29.0 Å². The molecule has 2 atom stereocenters. The van der Waals surface area contributed by atoms with E-state index in [0.29, 0.717) is 17.4 Å². The monoisotopic (exact) mass is 274 g/mol. The molecule has 2 unspecified atom stereocenters. The third kappa shape index (κ3) is 3.07. The van der Waals surface area contributed by atoms with Crippen LogP contribution in [0.4, 0.5) is 5.82 Å². The first-order valence-corrected chi connectivity index (χ1v) is 7.36. The van der Waals surface area contributed by atoms with Crippen LogP contribution in [0.25, 0.3) is 0 Å². The van der Waals surface area contributed by atoms with Crippen molar-refractivity contribution in [3.05, 3.63) is 16.8 Å². The fourth-order valence-electron chi connectivity index (χ4n) is 2.72. The summed E-state index contributed by atoms with van der Waals surface area (Å²) in [4.78, 5) is 0. The second kappa shape index (κ2) is 6.67. The Morgan fingerprint density at radius 2 is 2.15 bits per heavy atom. The molecule has 20 heavy (non-hydrogen) atoms. The number of ether oxygens (including phenoxy) is 1. The maximum Gasteiger partial charge on any atom is 0.167 e. The van der Waals surface area contributed by atoms with Crippen LogP contribution in [0.1, 0.15) is 50.4 Å². The molecule has 5 heteroatoms. The fraction of sp³-hybridized carbons (Fsp3) is 0.667. The normalized spacial score (nSPS) is 22.3. The Hall–Kier alpha value is -1.67. The summed E-state index contributed by atoms with van der Waals surface area (Å²) in [6.07, 6.45) is 3.73. The Kier molecular flexibility index (Phi) is 4.91. The lowest BCUT2D eigenvalue weighted by Crippen LogP contribution is -2.33. The van der Waals surface area contributed by atoms with E-state index in [1.54, 1.807) is 0 Å². The number of aromatic nitrogens is 2. The smallest absolute Gasteiger partial charge is 0.167 e. The standard InChI is InChI=1S/C15H22N4O/c1-4-12-13(9-16)15(19-18-14(12)5-2)17-11-6-7-20-10(3)8-11/h10-11H,4-8H2,1-3H3,(H,17,19). The van der Waals surface area contributed by atoms with E-state index < -0.39 is 0 Å². The van der Waals surface area contributed by atoms with Crippen LogP contribution in [-0.2, 0) is 17.6 Å². The van der Waals surface area contributed by atoms with Gasteiger partial charge in [0.05, 0.1) is 11.8 Å². The molecular weight excluding hydrogens is 252 g/mol. The SMILES string of the molecule is CCc1nnc(NC2CCOC(C)C2)c(C#N)c1CC. The van der Waals surface area contributed by atoms with Gasteiger partial charge in [-0.3, -0.25) is 0 Å². The molecule has 1 saturated heterocycles. The van der Waals surface area contributed by atoms with Crippen LogP contribution in [0.15, 0.2) is 0 Å². The van der Waals surface area contributed by atoms with Crippen LogP contribution in [0.3, 0.4) is 0 Å². The summed E-state index contributed by atoms with van der Waals surface area (Å²) in [5.74, 6) is 0.626. The second-order valence-electron chi connectivity index (χ2n) is 5.21. The molecule has 2 rings (SSSR count). The van der Waals surface area contributed by atoms with Gasteiger partial charge < -0.3 is 10.1 Å². The molecule has 0 saturated carbocycles. The van der Waals surface area contributed by atoms with Crippen LogP contribution in [0.2, 0.25) is 0 Å². The number of hydrogen-bond acceptors (Lipinski definition) is 5. The number of nitrogens with one attached hydrogen (secondary N) is 1. The van der Waals surface area contributed by atoms with E-state index in [9.17, 15) is 5.26 Å². The van der Waals surface area contributed by atoms with E-state index in [4.69, 9.17) is 4.74 Å². The molecule has 1 aliphatic rings. The minimum atomic E-state index is 0.250. The maximum atomic E-state index is 9.45. The Morgan fingerprint density at radius 3 is 2.75 bits per heavy atom. The largest absolute Gasteiger partial charge is 0.378 e. The van der Waals surface area contributed by atoms with Gasteiger partial charge in [-0.25, -0.2) is 0 Å². The molecule has 1 N–H and O–H groups in total. The van der Waals surface area contributed by atoms with E-state index in [1.165, 1.54) is 0 Å². The molecule has 108 valence electrons. The molecule has 0 amide bonds. The molecule has 1 aliphatic heterocycles. The molecule has 0 aliphatic carbocycles. The molecule has 0 bridgehead atoms. The predicted octanol–water partition coefficient (Wildman–Crippen LogP) is 2.45. The van der Waals surface area contributed by atoms with Crippen LogP contribution in [0.5, 0.6) is 0 Å². The number of anilines is 1. The first kappa shape index (κ1) is 14.7. The molecular formula is C15H22N4O. The summed E-state index contributed by atoms with van der Waals surface area (Å²) in [7, 11) is 0. The lowest BCUT2D eigenvalue weighted by atomic mass is 10.0. The zero-order valence-corrected chi connectivity index (χ0v) is 12.4. The van der Waals surface area contributed by atoms with Crippen molar-refractivity contribution >= 4 is 5.82 Å². The van der Waals surface area contributed by atoms with Crippen LogP contribution >= 0.6 is 0 Å². The zero-order valence-electron chi connectivity index (χ0n) is 12.4. The minimum absolute atomic E-state index is 0.250. The first-order valence-electron chi connectivity index (χ1n) is 7.36. The molecule has 5 nitrogen and oxygen atoms in total. The molecule has 0 spiro atoms. The van der Waals surface area contributed by atoms with Crippen molar-refractivity contribution in [1.29, 1.82) is 5.26 Å². The van der Waals surface area contributed by atoms with Gasteiger partial charge in [0, 0.05) is 12.6 Å². The van der Waals surface area contributed by atoms with Gasteiger partial charge in [0.25, 0.3) is 0 Å². The summed E-state index contributed by atoms with van der Waals surface area (Å²) in [5.41, 5.74) is 2.60. The highest BCUT2D eigenvalue weighted by atomic mass is 16.5. The summed E-state index contributed by atoms with van der Waals surface area (Å²) in [6.45, 7) is 6.92. The average molecular weight is 274 g/mol. The summed E-state index contributed by atoms with van der Waals surface area (Å²) >= 11 is 0. The van der Waals surface area contributed by atoms with E-state index in [1.807, 2.05) is 6.92 Å². The predicted molar refractivity (Wildman–Crippen MR) is 77.6 cm³/mol. The van der Waals surface area contributed by atoms with E-state index in [-0.39, 0.29) is 6.10 Å². The molecule has 0 aromatic carbocycles. The highest BCUT2D eigenvalue weighted by Crippen LogP contribution is 2.23. The Labute approximate surface area is 120 Å². The van der Waals surface area contributed by atoms with Crippen molar-refractivity contribution in [2.45, 2.75) is 58.6 Å². The summed E-state index contributed by atoms with van der Waals surface area (Å²) in [5, 5.41) is 21.3. The van der Waals surface area contributed by atoms with Gasteiger partial charge in [-0.1, -0.05) is 13.8 Å². The number of hydrogen-bond donors (Lipinski definition) is 1. The van der Waals surface area contributed by atoms with Crippen molar-refractivity contribution in [2.24, 2.45) is 0 Å². The Bertz CT molecular complexity index is 509. The van der Waals surface area contributed by atoms with E-state index in [2.05, 4.69) is 35.4 Å². The molecule has 1 aromatic rings. The average Bonchev–Trinajstić information content (AvgIpc) is 2.46. The van der Waals surface area contributed by atoms with Gasteiger partial charge in [-0.05, 0) is 38.2 Å². The molecule has 0 radical (unpaired) electrons. The topological polar surface area (TPSA) is 70.8 Å². The van der Waals surface area contributed by atoms with E-state index in [0.717, 1.165) is 43.5 Å². The van der Waals surface area contributed by atoms with Gasteiger partial charge in [0.2, 0.25) is 0 Å². The zero-order chi connectivity index (χ0) is 14.5. The van der Waals surface area contributed by atoms with Crippen molar-refractivity contribution in [3.8, 4) is 6.07 Å². The van der Waals surface area contributed by atoms with Crippen molar-refractivity contribution in [1.82, 2.24) is 10.2 Å². The van der Waals surface area contributed by atoms with E-state index >= 15 is 0 Å². The summed E-state index contributed by atoms with van der Waals surface area (Å²) in [6, 6.07) is 2.60. The van der Waals surface area contributed by atoms with Gasteiger partial charge in [0.15, 0.2) is 5.82 Å². The van der Waals surface area contributed by atoms with Crippen molar-refractivity contribution in [2.75, 3.05) is 11.9 Å². The quantitative estimate of drug-likeness (QED) is 0.913. The molecule has 1 aromatic heterocycles. The minimum Gasteiger partial charge on any atom is -0.378 e. The third-order valence-electron chi connectivity index (χ3n) is 3.78. The lowest BCUT2D eigenvalue weighted by Gasteiger charge is -2.28. The van der Waals surface area contributed by atoms with Crippen molar-refractivity contribution < 1.29 is 4.74 Å². The Morgan fingerprint density at radius 1 is 1.35 bits per heavy atom. The maximum absolute atomic E-state index is 9.45. The highest BCUT2D eigenvalue weighted by molar-refractivity contribution is 5.56. The van der Waals surface area contributed by atoms with Crippen LogP contribution in [0, 0.1) is 11.3 Å². The van der Waals surface area contributed by atoms with Gasteiger partial charge in [-0.15, -0.1) is 5.10 Å². The number of nitrogens with zero attached hydrogens (tertiary/aromatic N) is 3. The third-order valence-corrected chi connectivity index (χ3v) is 3.78. The van der Waals surface area contributed by atoms with Crippen LogP contribution < -0.4 is 5.32 Å².